The summed E-state index contributed by atoms with van der Waals surface area (Å²) >= 11 is 4.47. The molecule has 0 aliphatic carbocycles. The van der Waals surface area contributed by atoms with Gasteiger partial charge in [0, 0.05) is 5.38 Å². The van der Waals surface area contributed by atoms with E-state index in [0.717, 1.165) is 0 Å². The van der Waals surface area contributed by atoms with Crippen molar-refractivity contribution in [2.75, 3.05) is 7.11 Å². The highest BCUT2D eigenvalue weighted by Crippen LogP contribution is 2.35. The molecule has 0 saturated heterocycles. The van der Waals surface area contributed by atoms with Crippen molar-refractivity contribution in [1.29, 1.82) is 0 Å². The molecule has 1 heterocycles. The van der Waals surface area contributed by atoms with Crippen LogP contribution in [0.15, 0.2) is 9.17 Å². The Kier molecular flexibility index (Phi) is 2.51. The SMILES string of the molecule is COc1c(C(=O)O)csc1Br. The lowest BCUT2D eigenvalue weighted by Gasteiger charge is -1.97. The summed E-state index contributed by atoms with van der Waals surface area (Å²) in [6, 6.07) is 0. The van der Waals surface area contributed by atoms with E-state index in [1.165, 1.54) is 23.8 Å². The van der Waals surface area contributed by atoms with Gasteiger partial charge >= 0.3 is 5.97 Å². The van der Waals surface area contributed by atoms with Crippen molar-refractivity contribution in [1.82, 2.24) is 0 Å². The smallest absolute Gasteiger partial charge is 0.340 e. The van der Waals surface area contributed by atoms with E-state index in [1.54, 1.807) is 0 Å². The van der Waals surface area contributed by atoms with Crippen molar-refractivity contribution in [2.45, 2.75) is 0 Å². The van der Waals surface area contributed by atoms with Gasteiger partial charge in [0.2, 0.25) is 0 Å². The zero-order valence-corrected chi connectivity index (χ0v) is 8.03. The molecule has 11 heavy (non-hydrogen) atoms. The van der Waals surface area contributed by atoms with Gasteiger partial charge in [-0.1, -0.05) is 0 Å². The summed E-state index contributed by atoms with van der Waals surface area (Å²) in [5.74, 6) is -0.577. The van der Waals surface area contributed by atoms with Crippen LogP contribution in [0.3, 0.4) is 0 Å². The lowest BCUT2D eigenvalue weighted by Crippen LogP contribution is -1.96. The summed E-state index contributed by atoms with van der Waals surface area (Å²) in [7, 11) is 1.44. The first kappa shape index (κ1) is 8.55. The predicted molar refractivity (Wildman–Crippen MR) is 45.5 cm³/mol. The van der Waals surface area contributed by atoms with Crippen LogP contribution in [0, 0.1) is 0 Å². The van der Waals surface area contributed by atoms with Crippen molar-refractivity contribution in [3.8, 4) is 5.75 Å². The van der Waals surface area contributed by atoms with Gasteiger partial charge in [0.1, 0.15) is 9.35 Å². The van der Waals surface area contributed by atoms with Crippen LogP contribution in [0.4, 0.5) is 0 Å². The van der Waals surface area contributed by atoms with Crippen LogP contribution in [0.1, 0.15) is 10.4 Å². The molecule has 5 heteroatoms. The molecule has 0 amide bonds. The third kappa shape index (κ3) is 1.54. The van der Waals surface area contributed by atoms with E-state index in [4.69, 9.17) is 9.84 Å². The molecule has 0 aliphatic heterocycles. The highest BCUT2D eigenvalue weighted by atomic mass is 79.9. The third-order valence-corrected chi connectivity index (χ3v) is 2.80. The highest BCUT2D eigenvalue weighted by Gasteiger charge is 2.15. The number of carbonyl (C=O) groups is 1. The topological polar surface area (TPSA) is 46.5 Å². The number of methoxy groups -OCH3 is 1. The second-order valence-corrected chi connectivity index (χ2v) is 3.96. The molecule has 0 aliphatic rings. The molecule has 60 valence electrons. The maximum absolute atomic E-state index is 10.5. The number of aromatic carboxylic acids is 1. The zero-order chi connectivity index (χ0) is 8.43. The molecule has 0 radical (unpaired) electrons. The number of carboxylic acid groups (broad SMARTS) is 1. The second kappa shape index (κ2) is 3.23. The Morgan fingerprint density at radius 1 is 1.82 bits per heavy atom. The second-order valence-electron chi connectivity index (χ2n) is 1.76. The Labute approximate surface area is 75.7 Å². The molecule has 0 saturated carbocycles. The summed E-state index contributed by atoms with van der Waals surface area (Å²) in [4.78, 5) is 10.5. The number of carboxylic acids is 1. The Morgan fingerprint density at radius 2 is 2.45 bits per heavy atom. The lowest BCUT2D eigenvalue weighted by atomic mass is 10.3. The monoisotopic (exact) mass is 236 g/mol. The number of thiophene rings is 1. The molecule has 1 N–H and O–H groups in total. The molecule has 0 spiro atoms. The first-order valence-electron chi connectivity index (χ1n) is 2.71. The van der Waals surface area contributed by atoms with E-state index in [9.17, 15) is 4.79 Å². The van der Waals surface area contributed by atoms with Gasteiger partial charge in [-0.15, -0.1) is 11.3 Å². The summed E-state index contributed by atoms with van der Waals surface area (Å²) in [6.45, 7) is 0. The largest absolute Gasteiger partial charge is 0.494 e. The van der Waals surface area contributed by atoms with Crippen LogP contribution in [0.5, 0.6) is 5.75 Å². The van der Waals surface area contributed by atoms with E-state index in [0.29, 0.717) is 9.54 Å². The minimum absolute atomic E-state index is 0.198. The summed E-state index contributed by atoms with van der Waals surface area (Å²) in [5.41, 5.74) is 0.198. The Morgan fingerprint density at radius 3 is 2.82 bits per heavy atom. The first-order valence-corrected chi connectivity index (χ1v) is 4.38. The average Bonchev–Trinajstić information content (AvgIpc) is 2.30. The highest BCUT2D eigenvalue weighted by molar-refractivity contribution is 9.11. The lowest BCUT2D eigenvalue weighted by molar-refractivity contribution is 0.0694. The van der Waals surface area contributed by atoms with Gasteiger partial charge in [0.05, 0.1) is 7.11 Å². The number of hydrogen-bond donors (Lipinski definition) is 1. The van der Waals surface area contributed by atoms with E-state index in [-0.39, 0.29) is 5.56 Å². The fourth-order valence-corrected chi connectivity index (χ4v) is 2.05. The Balaban J connectivity index is 3.15. The van der Waals surface area contributed by atoms with Gasteiger partial charge in [-0.25, -0.2) is 4.79 Å². The quantitative estimate of drug-likeness (QED) is 0.857. The van der Waals surface area contributed by atoms with E-state index < -0.39 is 5.97 Å². The molecular weight excluding hydrogens is 232 g/mol. The van der Waals surface area contributed by atoms with Crippen LogP contribution >= 0.6 is 27.3 Å². The number of rotatable bonds is 2. The first-order chi connectivity index (χ1) is 5.16. The van der Waals surface area contributed by atoms with Crippen molar-refractivity contribution in [3.63, 3.8) is 0 Å². The summed E-state index contributed by atoms with van der Waals surface area (Å²) < 4.78 is 5.57. The van der Waals surface area contributed by atoms with Crippen molar-refractivity contribution in [2.24, 2.45) is 0 Å². The molecule has 1 aromatic rings. The minimum Gasteiger partial charge on any atom is -0.494 e. The molecule has 0 unspecified atom stereocenters. The van der Waals surface area contributed by atoms with E-state index in [2.05, 4.69) is 15.9 Å². The molecule has 1 aromatic heterocycles. The van der Waals surface area contributed by atoms with Crippen LogP contribution < -0.4 is 4.74 Å². The zero-order valence-electron chi connectivity index (χ0n) is 5.63. The minimum atomic E-state index is -0.969. The van der Waals surface area contributed by atoms with E-state index in [1.807, 2.05) is 0 Å². The van der Waals surface area contributed by atoms with Gasteiger partial charge in [-0.05, 0) is 15.9 Å². The normalized spacial score (nSPS) is 9.64. The fourth-order valence-electron chi connectivity index (χ4n) is 0.661. The summed E-state index contributed by atoms with van der Waals surface area (Å²) in [5, 5.41) is 10.1. The number of halogens is 1. The maximum atomic E-state index is 10.5. The maximum Gasteiger partial charge on any atom is 0.340 e. The van der Waals surface area contributed by atoms with Crippen LogP contribution in [0.25, 0.3) is 0 Å². The molecule has 0 fully saturated rings. The molecule has 1 rings (SSSR count). The summed E-state index contributed by atoms with van der Waals surface area (Å²) in [6.07, 6.45) is 0. The van der Waals surface area contributed by atoms with Gasteiger partial charge in [0.25, 0.3) is 0 Å². The molecule has 3 nitrogen and oxygen atoms in total. The molecular formula is C6H5BrO3S. The number of ether oxygens (including phenoxy) is 1. The van der Waals surface area contributed by atoms with E-state index >= 15 is 0 Å². The van der Waals surface area contributed by atoms with Crippen molar-refractivity contribution >= 4 is 33.2 Å². The standard InChI is InChI=1S/C6H5BrO3S/c1-10-4-3(6(8)9)2-11-5(4)7/h2H,1H3,(H,8,9). The van der Waals surface area contributed by atoms with Gasteiger partial charge in [-0.3, -0.25) is 0 Å². The third-order valence-electron chi connectivity index (χ3n) is 1.14. The van der Waals surface area contributed by atoms with Crippen LogP contribution in [-0.2, 0) is 0 Å². The number of hydrogen-bond acceptors (Lipinski definition) is 3. The predicted octanol–water partition coefficient (Wildman–Crippen LogP) is 2.22. The van der Waals surface area contributed by atoms with Gasteiger partial charge < -0.3 is 9.84 Å². The molecule has 0 aromatic carbocycles. The Hall–Kier alpha value is -0.550. The van der Waals surface area contributed by atoms with Crippen LogP contribution in [-0.4, -0.2) is 18.2 Å². The molecule has 0 bridgehead atoms. The average molecular weight is 237 g/mol. The van der Waals surface area contributed by atoms with Crippen LogP contribution in [0.2, 0.25) is 0 Å². The van der Waals surface area contributed by atoms with Gasteiger partial charge in [0.15, 0.2) is 5.75 Å². The fraction of sp³-hybridized carbons (Fsp3) is 0.167. The van der Waals surface area contributed by atoms with Crippen molar-refractivity contribution < 1.29 is 14.6 Å². The van der Waals surface area contributed by atoms with Crippen molar-refractivity contribution in [3.05, 3.63) is 14.7 Å². The Bertz CT molecular complexity index is 281. The molecule has 0 atom stereocenters. The van der Waals surface area contributed by atoms with Gasteiger partial charge in [-0.2, -0.15) is 0 Å².